The van der Waals surface area contributed by atoms with E-state index in [2.05, 4.69) is 0 Å². The van der Waals surface area contributed by atoms with Gasteiger partial charge in [0.1, 0.15) is 11.9 Å². The summed E-state index contributed by atoms with van der Waals surface area (Å²) in [7, 11) is 0. The zero-order chi connectivity index (χ0) is 14.6. The van der Waals surface area contributed by atoms with Crippen molar-refractivity contribution in [2.24, 2.45) is 0 Å². The molecular formula is C12H12FNO5. The first-order valence-corrected chi connectivity index (χ1v) is 5.32. The van der Waals surface area contributed by atoms with E-state index < -0.39 is 36.1 Å². The largest absolute Gasteiger partial charge is 0.481 e. The lowest BCUT2D eigenvalue weighted by Crippen LogP contribution is -2.42. The van der Waals surface area contributed by atoms with Gasteiger partial charge in [0, 0.05) is 5.56 Å². The lowest BCUT2D eigenvalue weighted by Gasteiger charge is -2.12. The van der Waals surface area contributed by atoms with Crippen molar-refractivity contribution >= 4 is 17.8 Å². The van der Waals surface area contributed by atoms with Crippen molar-refractivity contribution in [3.8, 4) is 0 Å². The Labute approximate surface area is 107 Å². The Kier molecular flexibility index (Phi) is 4.57. The number of aliphatic carboxylic acids is 2. The number of halogens is 1. The highest BCUT2D eigenvalue weighted by atomic mass is 19.1. The van der Waals surface area contributed by atoms with Gasteiger partial charge in [0.25, 0.3) is 5.91 Å². The third kappa shape index (κ3) is 4.38. The van der Waals surface area contributed by atoms with E-state index in [4.69, 9.17) is 10.2 Å². The van der Waals surface area contributed by atoms with Crippen molar-refractivity contribution in [1.82, 2.24) is 5.32 Å². The fraction of sp³-hybridized carbons (Fsp3) is 0.250. The van der Waals surface area contributed by atoms with Gasteiger partial charge < -0.3 is 15.5 Å². The highest BCUT2D eigenvalue weighted by molar-refractivity contribution is 5.97. The zero-order valence-electron chi connectivity index (χ0n) is 10.0. The summed E-state index contributed by atoms with van der Waals surface area (Å²) in [5.41, 5.74) is 0.435. The number of carboxylic acids is 2. The molecule has 0 aliphatic carbocycles. The molecule has 0 fully saturated rings. The number of hydrogen-bond donors (Lipinski definition) is 3. The Morgan fingerprint density at radius 2 is 1.89 bits per heavy atom. The molecule has 102 valence electrons. The van der Waals surface area contributed by atoms with E-state index >= 15 is 0 Å². The Hall–Kier alpha value is -2.44. The summed E-state index contributed by atoms with van der Waals surface area (Å²) < 4.78 is 13.1. The number of rotatable bonds is 5. The molecule has 1 rings (SSSR count). The second-order valence-corrected chi connectivity index (χ2v) is 3.98. The van der Waals surface area contributed by atoms with Gasteiger partial charge in [0.15, 0.2) is 0 Å². The average Bonchev–Trinajstić information content (AvgIpc) is 2.25. The van der Waals surface area contributed by atoms with E-state index in [9.17, 15) is 18.8 Å². The molecule has 0 saturated heterocycles. The van der Waals surface area contributed by atoms with Crippen LogP contribution >= 0.6 is 0 Å². The van der Waals surface area contributed by atoms with Crippen LogP contribution in [0.2, 0.25) is 0 Å². The maximum Gasteiger partial charge on any atom is 0.326 e. The fourth-order valence-electron chi connectivity index (χ4n) is 1.48. The van der Waals surface area contributed by atoms with Crippen molar-refractivity contribution in [3.63, 3.8) is 0 Å². The molecule has 1 amide bonds. The number of nitrogens with one attached hydrogen (secondary N) is 1. The number of amides is 1. The highest BCUT2D eigenvalue weighted by Gasteiger charge is 2.23. The van der Waals surface area contributed by atoms with Gasteiger partial charge in [-0.3, -0.25) is 9.59 Å². The summed E-state index contributed by atoms with van der Waals surface area (Å²) in [6.07, 6.45) is -0.755. The van der Waals surface area contributed by atoms with Crippen LogP contribution < -0.4 is 5.32 Å². The molecule has 0 heterocycles. The molecule has 0 unspecified atom stereocenters. The minimum absolute atomic E-state index is 0.0610. The molecular weight excluding hydrogens is 257 g/mol. The van der Waals surface area contributed by atoms with Crippen LogP contribution in [-0.2, 0) is 9.59 Å². The minimum atomic E-state index is -1.56. The summed E-state index contributed by atoms with van der Waals surface area (Å²) in [6, 6.07) is 1.97. The van der Waals surface area contributed by atoms with Gasteiger partial charge in [-0.25, -0.2) is 9.18 Å². The van der Waals surface area contributed by atoms with Crippen LogP contribution in [-0.4, -0.2) is 34.1 Å². The van der Waals surface area contributed by atoms with Gasteiger partial charge >= 0.3 is 11.9 Å². The predicted molar refractivity (Wildman–Crippen MR) is 62.3 cm³/mol. The van der Waals surface area contributed by atoms with E-state index in [1.807, 2.05) is 5.32 Å². The molecule has 1 aromatic carbocycles. The van der Waals surface area contributed by atoms with Gasteiger partial charge in [-0.05, 0) is 30.7 Å². The normalized spacial score (nSPS) is 11.7. The van der Waals surface area contributed by atoms with Gasteiger partial charge in [0.05, 0.1) is 6.42 Å². The van der Waals surface area contributed by atoms with E-state index in [1.165, 1.54) is 12.1 Å². The van der Waals surface area contributed by atoms with Crippen LogP contribution in [0.25, 0.3) is 0 Å². The van der Waals surface area contributed by atoms with Crippen molar-refractivity contribution < 1.29 is 29.0 Å². The molecule has 0 aliphatic rings. The summed E-state index contributed by atoms with van der Waals surface area (Å²) in [5, 5.41) is 19.3. The third-order valence-corrected chi connectivity index (χ3v) is 2.29. The quantitative estimate of drug-likeness (QED) is 0.733. The van der Waals surface area contributed by atoms with Crippen molar-refractivity contribution in [1.29, 1.82) is 0 Å². The van der Waals surface area contributed by atoms with Crippen molar-refractivity contribution in [2.75, 3.05) is 0 Å². The van der Waals surface area contributed by atoms with Crippen LogP contribution in [0, 0.1) is 12.7 Å². The lowest BCUT2D eigenvalue weighted by molar-refractivity contribution is -0.145. The minimum Gasteiger partial charge on any atom is -0.481 e. The Morgan fingerprint density at radius 1 is 1.26 bits per heavy atom. The monoisotopic (exact) mass is 269 g/mol. The second-order valence-electron chi connectivity index (χ2n) is 3.98. The van der Waals surface area contributed by atoms with Crippen molar-refractivity contribution in [3.05, 3.63) is 35.1 Å². The van der Waals surface area contributed by atoms with Crippen molar-refractivity contribution in [2.45, 2.75) is 19.4 Å². The van der Waals surface area contributed by atoms with E-state index in [0.717, 1.165) is 6.07 Å². The average molecular weight is 269 g/mol. The molecule has 0 spiro atoms. The first-order chi connectivity index (χ1) is 8.79. The fourth-order valence-corrected chi connectivity index (χ4v) is 1.48. The topological polar surface area (TPSA) is 104 Å². The number of benzene rings is 1. The molecule has 1 aromatic rings. The molecule has 0 saturated carbocycles. The molecule has 0 radical (unpaired) electrons. The lowest BCUT2D eigenvalue weighted by atomic mass is 10.1. The van der Waals surface area contributed by atoms with E-state index in [1.54, 1.807) is 6.92 Å². The number of carbonyl (C=O) groups is 3. The molecule has 7 heteroatoms. The van der Waals surface area contributed by atoms with Gasteiger partial charge in [0.2, 0.25) is 0 Å². The molecule has 0 aromatic heterocycles. The number of carbonyl (C=O) groups excluding carboxylic acids is 1. The first kappa shape index (κ1) is 14.6. The Morgan fingerprint density at radius 3 is 2.37 bits per heavy atom. The molecule has 6 nitrogen and oxygen atoms in total. The SMILES string of the molecule is Cc1cc(F)cc(C(=O)N[C@@H](CC(=O)O)C(=O)O)c1. The number of hydrogen-bond acceptors (Lipinski definition) is 3. The molecule has 19 heavy (non-hydrogen) atoms. The summed E-state index contributed by atoms with van der Waals surface area (Å²) in [5.74, 6) is -4.29. The van der Waals surface area contributed by atoms with Gasteiger partial charge in [-0.15, -0.1) is 0 Å². The van der Waals surface area contributed by atoms with Gasteiger partial charge in [-0.1, -0.05) is 0 Å². The summed E-state index contributed by atoms with van der Waals surface area (Å²) in [6.45, 7) is 1.58. The second kappa shape index (κ2) is 5.94. The molecule has 0 aliphatic heterocycles. The third-order valence-electron chi connectivity index (χ3n) is 2.29. The molecule has 0 bridgehead atoms. The standard InChI is InChI=1S/C12H12FNO5/c1-6-2-7(4-8(13)3-6)11(17)14-9(12(18)19)5-10(15)16/h2-4,9H,5H2,1H3,(H,14,17)(H,15,16)(H,18,19)/t9-/m0/s1. The number of carboxylic acid groups (broad SMARTS) is 2. The molecule has 3 N–H and O–H groups in total. The Bertz CT molecular complexity index is 509. The van der Waals surface area contributed by atoms with Crippen LogP contribution in [0.5, 0.6) is 0 Å². The van der Waals surface area contributed by atoms with E-state index in [-0.39, 0.29) is 5.56 Å². The summed E-state index contributed by atoms with van der Waals surface area (Å²) >= 11 is 0. The van der Waals surface area contributed by atoms with Crippen LogP contribution in [0.3, 0.4) is 0 Å². The van der Waals surface area contributed by atoms with Gasteiger partial charge in [-0.2, -0.15) is 0 Å². The number of aryl methyl sites for hydroxylation is 1. The van der Waals surface area contributed by atoms with Crippen LogP contribution in [0.15, 0.2) is 18.2 Å². The highest BCUT2D eigenvalue weighted by Crippen LogP contribution is 2.09. The summed E-state index contributed by atoms with van der Waals surface area (Å²) in [4.78, 5) is 33.0. The van der Waals surface area contributed by atoms with Crippen LogP contribution in [0.4, 0.5) is 4.39 Å². The maximum absolute atomic E-state index is 13.1. The zero-order valence-corrected chi connectivity index (χ0v) is 10.0. The maximum atomic E-state index is 13.1. The van der Waals surface area contributed by atoms with E-state index in [0.29, 0.717) is 5.56 Å². The molecule has 1 atom stereocenters. The Balaban J connectivity index is 2.87. The first-order valence-electron chi connectivity index (χ1n) is 5.32. The van der Waals surface area contributed by atoms with Crippen LogP contribution in [0.1, 0.15) is 22.3 Å². The smallest absolute Gasteiger partial charge is 0.326 e. The predicted octanol–water partition coefficient (Wildman–Crippen LogP) is 0.792.